The van der Waals surface area contributed by atoms with Crippen LogP contribution in [0.1, 0.15) is 22.3 Å². The Hall–Kier alpha value is -1.92. The minimum Gasteiger partial charge on any atom is -0.478 e. The van der Waals surface area contributed by atoms with Gasteiger partial charge in [-0.15, -0.1) is 0 Å². The quantitative estimate of drug-likeness (QED) is 0.661. The number of aromatic carboxylic acids is 1. The maximum Gasteiger partial charge on any atom is 0.335 e. The van der Waals surface area contributed by atoms with Gasteiger partial charge in [-0.1, -0.05) is 12.1 Å². The van der Waals surface area contributed by atoms with Crippen LogP contribution < -0.4 is 11.1 Å². The number of methoxy groups -OCH3 is 1. The highest BCUT2D eigenvalue weighted by atomic mass is 16.5. The average molecular weight is 266 g/mol. The predicted octanol–water partition coefficient (Wildman–Crippen LogP) is 0.365. The number of nitrogens with one attached hydrogen (secondary N) is 1. The summed E-state index contributed by atoms with van der Waals surface area (Å²) in [5.41, 5.74) is 6.35. The minimum absolute atomic E-state index is 0.182. The van der Waals surface area contributed by atoms with Crippen molar-refractivity contribution in [2.24, 2.45) is 5.73 Å². The molecule has 0 radical (unpaired) electrons. The van der Waals surface area contributed by atoms with E-state index in [-0.39, 0.29) is 37.1 Å². The molecule has 1 unspecified atom stereocenters. The molecule has 1 amide bonds. The van der Waals surface area contributed by atoms with E-state index in [1.165, 1.54) is 19.2 Å². The molecular weight excluding hydrogens is 248 g/mol. The minimum atomic E-state index is -0.990. The van der Waals surface area contributed by atoms with Gasteiger partial charge in [0.15, 0.2) is 0 Å². The maximum atomic E-state index is 11.6. The largest absolute Gasteiger partial charge is 0.478 e. The molecule has 0 aliphatic rings. The molecule has 0 heterocycles. The molecule has 19 heavy (non-hydrogen) atoms. The van der Waals surface area contributed by atoms with E-state index in [0.29, 0.717) is 0 Å². The lowest BCUT2D eigenvalue weighted by atomic mass is 10.1. The summed E-state index contributed by atoms with van der Waals surface area (Å²) in [6.07, 6.45) is -0.114. The molecule has 4 N–H and O–H groups in total. The van der Waals surface area contributed by atoms with Gasteiger partial charge in [-0.2, -0.15) is 0 Å². The lowest BCUT2D eigenvalue weighted by Crippen LogP contribution is -2.31. The third-order valence-corrected chi connectivity index (χ3v) is 2.67. The molecule has 1 atom stereocenters. The number of hydrogen-bond donors (Lipinski definition) is 3. The van der Waals surface area contributed by atoms with Crippen molar-refractivity contribution in [1.29, 1.82) is 0 Å². The number of carbonyl (C=O) groups is 2. The molecular formula is C13H18N2O4. The Bertz CT molecular complexity index is 444. The zero-order chi connectivity index (χ0) is 14.3. The molecule has 0 aliphatic heterocycles. The van der Waals surface area contributed by atoms with Gasteiger partial charge < -0.3 is 20.9 Å². The van der Waals surface area contributed by atoms with Gasteiger partial charge in [0.2, 0.25) is 5.91 Å². The van der Waals surface area contributed by atoms with Gasteiger partial charge in [0.25, 0.3) is 0 Å². The number of amides is 1. The van der Waals surface area contributed by atoms with Crippen LogP contribution in [-0.4, -0.2) is 36.7 Å². The second kappa shape index (κ2) is 7.50. The Labute approximate surface area is 111 Å². The summed E-state index contributed by atoms with van der Waals surface area (Å²) in [5, 5.41) is 11.5. The van der Waals surface area contributed by atoms with Crippen LogP contribution >= 0.6 is 0 Å². The number of ether oxygens (including phenoxy) is 1. The zero-order valence-corrected chi connectivity index (χ0v) is 10.8. The first kappa shape index (κ1) is 15.1. The van der Waals surface area contributed by atoms with Gasteiger partial charge in [-0.3, -0.25) is 4.79 Å². The smallest absolute Gasteiger partial charge is 0.335 e. The normalized spacial score (nSPS) is 11.9. The summed E-state index contributed by atoms with van der Waals surface area (Å²) in [6, 6.07) is 6.43. The summed E-state index contributed by atoms with van der Waals surface area (Å²) in [5.74, 6) is -1.17. The van der Waals surface area contributed by atoms with Crippen LogP contribution in [0.2, 0.25) is 0 Å². The fourth-order valence-electron chi connectivity index (χ4n) is 1.56. The number of nitrogens with two attached hydrogens (primary N) is 1. The van der Waals surface area contributed by atoms with Crippen molar-refractivity contribution >= 4 is 11.9 Å². The summed E-state index contributed by atoms with van der Waals surface area (Å²) >= 11 is 0. The van der Waals surface area contributed by atoms with Gasteiger partial charge >= 0.3 is 5.97 Å². The Morgan fingerprint density at radius 1 is 1.47 bits per heavy atom. The van der Waals surface area contributed by atoms with Crippen molar-refractivity contribution in [1.82, 2.24) is 5.32 Å². The second-order valence-electron chi connectivity index (χ2n) is 4.08. The van der Waals surface area contributed by atoms with Crippen LogP contribution in [0.5, 0.6) is 0 Å². The number of hydrogen-bond acceptors (Lipinski definition) is 4. The Balaban J connectivity index is 2.50. The molecule has 0 aliphatic carbocycles. The highest BCUT2D eigenvalue weighted by molar-refractivity contribution is 5.87. The fourth-order valence-corrected chi connectivity index (χ4v) is 1.56. The Kier molecular flexibility index (Phi) is 5.98. The van der Waals surface area contributed by atoms with E-state index in [9.17, 15) is 9.59 Å². The van der Waals surface area contributed by atoms with E-state index >= 15 is 0 Å². The molecule has 1 aromatic carbocycles. The van der Waals surface area contributed by atoms with E-state index in [1.54, 1.807) is 12.1 Å². The molecule has 0 aromatic heterocycles. The van der Waals surface area contributed by atoms with E-state index < -0.39 is 5.97 Å². The van der Waals surface area contributed by atoms with Gasteiger partial charge in [0.1, 0.15) is 0 Å². The first-order chi connectivity index (χ1) is 9.06. The standard InChI is InChI=1S/C13H18N2O4/c1-19-11(7-14)6-12(16)15-8-9-3-2-4-10(5-9)13(17)18/h2-5,11H,6-8,14H2,1H3,(H,15,16)(H,17,18). The van der Waals surface area contributed by atoms with Gasteiger partial charge in [-0.05, 0) is 17.7 Å². The maximum absolute atomic E-state index is 11.6. The summed E-state index contributed by atoms with van der Waals surface area (Å²) in [4.78, 5) is 22.4. The highest BCUT2D eigenvalue weighted by Crippen LogP contribution is 2.05. The fraction of sp³-hybridized carbons (Fsp3) is 0.385. The molecule has 1 rings (SSSR count). The van der Waals surface area contributed by atoms with Gasteiger partial charge in [-0.25, -0.2) is 4.79 Å². The molecule has 0 saturated heterocycles. The second-order valence-corrected chi connectivity index (χ2v) is 4.08. The molecule has 0 saturated carbocycles. The third kappa shape index (κ3) is 5.07. The van der Waals surface area contributed by atoms with Gasteiger partial charge in [0.05, 0.1) is 18.1 Å². The Morgan fingerprint density at radius 3 is 2.79 bits per heavy atom. The van der Waals surface area contributed by atoms with E-state index in [4.69, 9.17) is 15.6 Å². The van der Waals surface area contributed by atoms with Crippen molar-refractivity contribution in [3.05, 3.63) is 35.4 Å². The number of rotatable bonds is 7. The summed E-state index contributed by atoms with van der Waals surface area (Å²) in [6.45, 7) is 0.555. The van der Waals surface area contributed by atoms with E-state index in [0.717, 1.165) is 5.56 Å². The molecule has 0 fully saturated rings. The number of carboxylic acids is 1. The van der Waals surface area contributed by atoms with Crippen LogP contribution in [0.3, 0.4) is 0 Å². The molecule has 6 nitrogen and oxygen atoms in total. The molecule has 104 valence electrons. The molecule has 6 heteroatoms. The van der Waals surface area contributed by atoms with E-state index in [1.807, 2.05) is 0 Å². The zero-order valence-electron chi connectivity index (χ0n) is 10.8. The van der Waals surface area contributed by atoms with Crippen LogP contribution in [0.4, 0.5) is 0 Å². The monoisotopic (exact) mass is 266 g/mol. The van der Waals surface area contributed by atoms with Crippen molar-refractivity contribution in [3.63, 3.8) is 0 Å². The summed E-state index contributed by atoms with van der Waals surface area (Å²) < 4.78 is 5.01. The van der Waals surface area contributed by atoms with Crippen LogP contribution in [0.15, 0.2) is 24.3 Å². The highest BCUT2D eigenvalue weighted by Gasteiger charge is 2.11. The SMILES string of the molecule is COC(CN)CC(=O)NCc1cccc(C(=O)O)c1. The van der Waals surface area contributed by atoms with Crippen LogP contribution in [0.25, 0.3) is 0 Å². The predicted molar refractivity (Wildman–Crippen MR) is 69.7 cm³/mol. The summed E-state index contributed by atoms with van der Waals surface area (Å²) in [7, 11) is 1.50. The van der Waals surface area contributed by atoms with Crippen molar-refractivity contribution in [3.8, 4) is 0 Å². The third-order valence-electron chi connectivity index (χ3n) is 2.67. The first-order valence-corrected chi connectivity index (χ1v) is 5.88. The van der Waals surface area contributed by atoms with E-state index in [2.05, 4.69) is 5.32 Å². The van der Waals surface area contributed by atoms with Crippen LogP contribution in [0, 0.1) is 0 Å². The lowest BCUT2D eigenvalue weighted by molar-refractivity contribution is -0.123. The molecule has 1 aromatic rings. The number of benzene rings is 1. The number of carboxylic acid groups (broad SMARTS) is 1. The van der Waals surface area contributed by atoms with Crippen molar-refractivity contribution < 1.29 is 19.4 Å². The first-order valence-electron chi connectivity index (χ1n) is 5.88. The van der Waals surface area contributed by atoms with Gasteiger partial charge in [0, 0.05) is 20.2 Å². The molecule has 0 bridgehead atoms. The van der Waals surface area contributed by atoms with Crippen molar-refractivity contribution in [2.75, 3.05) is 13.7 Å². The van der Waals surface area contributed by atoms with Crippen LogP contribution in [-0.2, 0) is 16.1 Å². The molecule has 0 spiro atoms. The number of carbonyl (C=O) groups excluding carboxylic acids is 1. The Morgan fingerprint density at radius 2 is 2.21 bits per heavy atom. The van der Waals surface area contributed by atoms with Crippen molar-refractivity contribution in [2.45, 2.75) is 19.1 Å². The topological polar surface area (TPSA) is 102 Å². The average Bonchev–Trinajstić information content (AvgIpc) is 2.42. The lowest BCUT2D eigenvalue weighted by Gasteiger charge is -2.12.